The van der Waals surface area contributed by atoms with E-state index in [1.54, 1.807) is 11.1 Å². The molecule has 322 valence electrons. The van der Waals surface area contributed by atoms with Crippen molar-refractivity contribution in [1.29, 1.82) is 0 Å². The van der Waals surface area contributed by atoms with Gasteiger partial charge in [0, 0.05) is 6.42 Å². The predicted molar refractivity (Wildman–Crippen MR) is 239 cm³/mol. The van der Waals surface area contributed by atoms with E-state index in [9.17, 15) is 4.79 Å². The molecule has 0 aromatic carbocycles. The van der Waals surface area contributed by atoms with Crippen molar-refractivity contribution < 1.29 is 9.53 Å². The maximum atomic E-state index is 14.1. The zero-order valence-corrected chi connectivity index (χ0v) is 39.1. The predicted octanol–water partition coefficient (Wildman–Crippen LogP) is 15.6. The molecule has 0 amide bonds. The first-order chi connectivity index (χ1) is 27.1. The molecule has 0 heterocycles. The molecule has 0 spiro atoms. The Hall–Kier alpha value is -1.05. The first kappa shape index (κ1) is 42.6. The molecular formula is C55H90O2. The number of hydrogen-bond donors (Lipinski definition) is 0. The van der Waals surface area contributed by atoms with Crippen LogP contribution in [0.1, 0.15) is 210 Å². The fourth-order valence-electron chi connectivity index (χ4n) is 17.9. The molecule has 2 heteroatoms. The van der Waals surface area contributed by atoms with Gasteiger partial charge in [-0.05, 0) is 189 Å². The standard InChI is InChI=1S/C55H90O2/c1-35(2)13-11-15-37(5)45-21-23-47-43-19-17-40-33-39(25-29-52(40,7)49(43)27-31-54(45,47)9)51(56)57-42-26-30-53(8)41(34-42)18-20-44-48-24-22-46(38(6)16-12-14-36(3)4)55(48,10)32-28-50(44)53/h17-18,35-39,42-50H,11-16,19-34H2,1-10H3/t37-,38-,39?,42?,43?,44?,45-,46-,47?,48?,49?,50?,52+,53+,54-,55-/m1/s1. The zero-order chi connectivity index (χ0) is 40.5. The van der Waals surface area contributed by atoms with Crippen molar-refractivity contribution in [3.05, 3.63) is 23.3 Å². The van der Waals surface area contributed by atoms with Crippen molar-refractivity contribution in [1.82, 2.24) is 0 Å². The second-order valence-electron chi connectivity index (χ2n) is 24.8. The van der Waals surface area contributed by atoms with Gasteiger partial charge in [-0.1, -0.05) is 131 Å². The van der Waals surface area contributed by atoms with E-state index in [4.69, 9.17) is 4.74 Å². The van der Waals surface area contributed by atoms with E-state index in [1.807, 2.05) is 0 Å². The van der Waals surface area contributed by atoms with Gasteiger partial charge in [0.15, 0.2) is 0 Å². The lowest BCUT2D eigenvalue weighted by Gasteiger charge is -2.59. The summed E-state index contributed by atoms with van der Waals surface area (Å²) in [6, 6.07) is 0. The first-order valence-corrected chi connectivity index (χ1v) is 25.7. The Balaban J connectivity index is 0.863. The Kier molecular flexibility index (Phi) is 12.2. The molecule has 0 aromatic heterocycles. The van der Waals surface area contributed by atoms with Gasteiger partial charge in [0.1, 0.15) is 6.10 Å². The summed E-state index contributed by atoms with van der Waals surface area (Å²) in [4.78, 5) is 14.1. The van der Waals surface area contributed by atoms with E-state index in [0.29, 0.717) is 21.7 Å². The molecular weight excluding hydrogens is 693 g/mol. The number of rotatable bonds is 12. The van der Waals surface area contributed by atoms with Crippen LogP contribution in [0.25, 0.3) is 0 Å². The number of ether oxygens (including phenoxy) is 1. The zero-order valence-electron chi connectivity index (χ0n) is 39.1. The van der Waals surface area contributed by atoms with Gasteiger partial charge < -0.3 is 4.74 Å². The molecule has 6 saturated carbocycles. The lowest BCUT2D eigenvalue weighted by atomic mass is 9.46. The molecule has 0 N–H and O–H groups in total. The normalized spacial score (nSPS) is 46.1. The molecule has 8 rings (SSSR count). The molecule has 16 atom stereocenters. The van der Waals surface area contributed by atoms with Crippen LogP contribution in [0.15, 0.2) is 23.3 Å². The van der Waals surface area contributed by atoms with Crippen LogP contribution in [0.2, 0.25) is 0 Å². The van der Waals surface area contributed by atoms with Gasteiger partial charge in [-0.3, -0.25) is 4.79 Å². The van der Waals surface area contributed by atoms with E-state index >= 15 is 0 Å². The van der Waals surface area contributed by atoms with Gasteiger partial charge in [-0.15, -0.1) is 0 Å². The molecule has 0 saturated heterocycles. The number of esters is 1. The Bertz CT molecular complexity index is 1500. The Labute approximate surface area is 352 Å². The second-order valence-corrected chi connectivity index (χ2v) is 24.8. The number of hydrogen-bond acceptors (Lipinski definition) is 2. The molecule has 8 unspecified atom stereocenters. The second kappa shape index (κ2) is 16.3. The Morgan fingerprint density at radius 1 is 0.579 bits per heavy atom. The van der Waals surface area contributed by atoms with Crippen LogP contribution in [-0.2, 0) is 9.53 Å². The van der Waals surface area contributed by atoms with E-state index in [-0.39, 0.29) is 18.0 Å². The minimum absolute atomic E-state index is 0.0643. The summed E-state index contributed by atoms with van der Waals surface area (Å²) in [6.45, 7) is 25.5. The quantitative estimate of drug-likeness (QED) is 0.146. The van der Waals surface area contributed by atoms with Gasteiger partial charge in [0.2, 0.25) is 0 Å². The van der Waals surface area contributed by atoms with Crippen molar-refractivity contribution in [2.45, 2.75) is 217 Å². The van der Waals surface area contributed by atoms with Crippen molar-refractivity contribution in [3.8, 4) is 0 Å². The molecule has 6 fully saturated rings. The number of fused-ring (bicyclic) bond motifs is 10. The summed E-state index contributed by atoms with van der Waals surface area (Å²) >= 11 is 0. The van der Waals surface area contributed by atoms with Crippen LogP contribution in [0, 0.1) is 98.6 Å². The third-order valence-corrected chi connectivity index (χ3v) is 21.2. The van der Waals surface area contributed by atoms with Gasteiger partial charge in [0.25, 0.3) is 0 Å². The maximum absolute atomic E-state index is 14.1. The average molecular weight is 783 g/mol. The maximum Gasteiger partial charge on any atom is 0.309 e. The molecule has 8 aliphatic carbocycles. The van der Waals surface area contributed by atoms with Crippen molar-refractivity contribution in [2.75, 3.05) is 0 Å². The van der Waals surface area contributed by atoms with Crippen LogP contribution < -0.4 is 0 Å². The van der Waals surface area contributed by atoms with Crippen LogP contribution in [0.5, 0.6) is 0 Å². The lowest BCUT2D eigenvalue weighted by molar-refractivity contribution is -0.158. The average Bonchev–Trinajstić information content (AvgIpc) is 3.71. The molecule has 57 heavy (non-hydrogen) atoms. The van der Waals surface area contributed by atoms with Crippen LogP contribution in [0.3, 0.4) is 0 Å². The topological polar surface area (TPSA) is 26.3 Å². The summed E-state index contributed by atoms with van der Waals surface area (Å²) in [5.74, 6) is 10.6. The Morgan fingerprint density at radius 3 is 1.54 bits per heavy atom. The number of carbonyl (C=O) groups excluding carboxylic acids is 1. The van der Waals surface area contributed by atoms with Crippen molar-refractivity contribution >= 4 is 5.97 Å². The van der Waals surface area contributed by atoms with E-state index in [1.165, 1.54) is 116 Å². The largest absolute Gasteiger partial charge is 0.462 e. The molecule has 0 bridgehead atoms. The van der Waals surface area contributed by atoms with Crippen LogP contribution in [0.4, 0.5) is 0 Å². The fraction of sp³-hybridized carbons (Fsp3) is 0.909. The lowest BCUT2D eigenvalue weighted by Crippen LogP contribution is -2.51. The van der Waals surface area contributed by atoms with Gasteiger partial charge in [0.05, 0.1) is 5.92 Å². The molecule has 0 aliphatic heterocycles. The highest BCUT2D eigenvalue weighted by Crippen LogP contribution is 2.69. The summed E-state index contributed by atoms with van der Waals surface area (Å²) in [7, 11) is 0. The van der Waals surface area contributed by atoms with Gasteiger partial charge >= 0.3 is 5.97 Å². The fourth-order valence-corrected chi connectivity index (χ4v) is 17.9. The SMILES string of the molecule is CC(C)CCC[C@@H](C)[C@H]1CCC2C3CC=C4CC(OC(=O)C5CC[C@@]6(C)C(=CCC7C6CC[C@@]6(C)C7CC[C@@H]6[C@H](C)CCCC(C)C)C5)CC[C@]4(C)C3CC[C@@]21C. The third kappa shape index (κ3) is 7.54. The number of allylic oxidation sites excluding steroid dienone is 3. The highest BCUT2D eigenvalue weighted by molar-refractivity contribution is 5.73. The Morgan fingerprint density at radius 2 is 1.05 bits per heavy atom. The van der Waals surface area contributed by atoms with E-state index in [0.717, 1.165) is 96.7 Å². The first-order valence-electron chi connectivity index (χ1n) is 25.7. The minimum atomic E-state index is 0.0643. The minimum Gasteiger partial charge on any atom is -0.462 e. The van der Waals surface area contributed by atoms with Gasteiger partial charge in [-0.2, -0.15) is 0 Å². The van der Waals surface area contributed by atoms with Gasteiger partial charge in [-0.25, -0.2) is 0 Å². The van der Waals surface area contributed by atoms with Crippen LogP contribution in [-0.4, -0.2) is 12.1 Å². The highest BCUT2D eigenvalue weighted by atomic mass is 16.5. The van der Waals surface area contributed by atoms with E-state index in [2.05, 4.69) is 81.4 Å². The van der Waals surface area contributed by atoms with Crippen LogP contribution >= 0.6 is 0 Å². The summed E-state index contributed by atoms with van der Waals surface area (Å²) in [5, 5.41) is 0. The smallest absolute Gasteiger partial charge is 0.309 e. The van der Waals surface area contributed by atoms with E-state index < -0.39 is 0 Å². The molecule has 0 radical (unpaired) electrons. The summed E-state index contributed by atoms with van der Waals surface area (Å²) < 4.78 is 6.59. The molecule has 0 aromatic rings. The van der Waals surface area contributed by atoms with Crippen molar-refractivity contribution in [2.24, 2.45) is 98.6 Å². The molecule has 8 aliphatic rings. The monoisotopic (exact) mass is 783 g/mol. The number of carbonyl (C=O) groups is 1. The molecule has 2 nitrogen and oxygen atoms in total. The third-order valence-electron chi connectivity index (χ3n) is 21.2. The van der Waals surface area contributed by atoms with Crippen molar-refractivity contribution in [3.63, 3.8) is 0 Å². The highest BCUT2D eigenvalue weighted by Gasteiger charge is 2.61. The summed E-state index contributed by atoms with van der Waals surface area (Å²) in [6.07, 6.45) is 34.5. The summed E-state index contributed by atoms with van der Waals surface area (Å²) in [5.41, 5.74) is 4.98.